The van der Waals surface area contributed by atoms with Crippen LogP contribution in [-0.4, -0.2) is 42.7 Å². The lowest BCUT2D eigenvalue weighted by Gasteiger charge is -2.41. The first-order valence-electron chi connectivity index (χ1n) is 4.56. The molecule has 0 aromatic heterocycles. The molecule has 1 heterocycles. The summed E-state index contributed by atoms with van der Waals surface area (Å²) in [7, 11) is 0. The molecule has 13 heavy (non-hydrogen) atoms. The van der Waals surface area contributed by atoms with Gasteiger partial charge in [0, 0.05) is 18.6 Å². The van der Waals surface area contributed by atoms with Gasteiger partial charge in [-0.25, -0.2) is 8.78 Å². The fraction of sp³-hybridized carbons (Fsp3) is 1.00. The number of rotatable bonds is 1. The lowest BCUT2D eigenvalue weighted by molar-refractivity contribution is -0.118. The smallest absolute Gasteiger partial charge is 0.265 e. The van der Waals surface area contributed by atoms with Gasteiger partial charge in [-0.15, -0.1) is 0 Å². The van der Waals surface area contributed by atoms with Crippen LogP contribution < -0.4 is 0 Å². The van der Waals surface area contributed by atoms with Gasteiger partial charge in [0.2, 0.25) is 0 Å². The molecule has 0 aromatic rings. The molecule has 1 saturated heterocycles. The summed E-state index contributed by atoms with van der Waals surface area (Å²) in [5.41, 5.74) is -0.0447. The fourth-order valence-electron chi connectivity index (χ4n) is 1.44. The molecule has 0 aliphatic carbocycles. The number of alkyl halides is 2. The molecule has 0 unspecified atom stereocenters. The van der Waals surface area contributed by atoms with Crippen LogP contribution in [-0.2, 0) is 4.74 Å². The second kappa shape index (κ2) is 3.88. The number of hydrogen-bond acceptors (Lipinski definition) is 2. The van der Waals surface area contributed by atoms with Gasteiger partial charge >= 0.3 is 0 Å². The predicted octanol–water partition coefficient (Wildman–Crippen LogP) is 1.75. The Morgan fingerprint density at radius 1 is 1.38 bits per heavy atom. The van der Waals surface area contributed by atoms with Crippen molar-refractivity contribution < 1.29 is 13.5 Å². The SMILES string of the molecule is CC(C)(C)N1CCO[C@H](C(F)F)C1. The number of ether oxygens (including phenoxy) is 1. The molecule has 0 bridgehead atoms. The van der Waals surface area contributed by atoms with Crippen LogP contribution in [0.25, 0.3) is 0 Å². The minimum atomic E-state index is -2.37. The quantitative estimate of drug-likeness (QED) is 0.629. The Kier molecular flexibility index (Phi) is 3.24. The summed E-state index contributed by atoms with van der Waals surface area (Å²) in [6.45, 7) is 7.57. The molecular formula is C9H17F2NO. The highest BCUT2D eigenvalue weighted by atomic mass is 19.3. The minimum absolute atomic E-state index is 0.0447. The topological polar surface area (TPSA) is 12.5 Å². The predicted molar refractivity (Wildman–Crippen MR) is 47.1 cm³/mol. The van der Waals surface area contributed by atoms with Crippen molar-refractivity contribution in [2.45, 2.75) is 38.8 Å². The van der Waals surface area contributed by atoms with E-state index >= 15 is 0 Å². The molecule has 1 aliphatic rings. The van der Waals surface area contributed by atoms with Crippen molar-refractivity contribution in [3.05, 3.63) is 0 Å². The highest BCUT2D eigenvalue weighted by Crippen LogP contribution is 2.20. The molecule has 0 N–H and O–H groups in total. The summed E-state index contributed by atoms with van der Waals surface area (Å²) in [6.07, 6.45) is -3.28. The Bertz CT molecular complexity index is 167. The monoisotopic (exact) mass is 193 g/mol. The maximum Gasteiger partial charge on any atom is 0.265 e. The zero-order valence-corrected chi connectivity index (χ0v) is 8.39. The Morgan fingerprint density at radius 2 is 2.00 bits per heavy atom. The summed E-state index contributed by atoms with van der Waals surface area (Å²) in [4.78, 5) is 2.04. The highest BCUT2D eigenvalue weighted by molar-refractivity contribution is 4.82. The lowest BCUT2D eigenvalue weighted by atomic mass is 10.0. The zero-order chi connectivity index (χ0) is 10.1. The molecule has 0 spiro atoms. The first-order chi connectivity index (χ1) is 5.91. The standard InChI is InChI=1S/C9H17F2NO/c1-9(2,3)12-4-5-13-7(6-12)8(10)11/h7-8H,4-6H2,1-3H3/t7-/m0/s1. The van der Waals surface area contributed by atoms with E-state index in [2.05, 4.69) is 0 Å². The Labute approximate surface area is 77.9 Å². The van der Waals surface area contributed by atoms with Gasteiger partial charge in [-0.1, -0.05) is 0 Å². The van der Waals surface area contributed by atoms with Gasteiger partial charge in [-0.05, 0) is 20.8 Å². The van der Waals surface area contributed by atoms with Crippen LogP contribution in [0.3, 0.4) is 0 Å². The van der Waals surface area contributed by atoms with Crippen LogP contribution in [0, 0.1) is 0 Å². The number of hydrogen-bond donors (Lipinski definition) is 0. The fourth-order valence-corrected chi connectivity index (χ4v) is 1.44. The molecule has 2 nitrogen and oxygen atoms in total. The molecule has 78 valence electrons. The Morgan fingerprint density at radius 3 is 2.46 bits per heavy atom. The largest absolute Gasteiger partial charge is 0.370 e. The van der Waals surface area contributed by atoms with Crippen LogP contribution in [0.5, 0.6) is 0 Å². The van der Waals surface area contributed by atoms with Crippen LogP contribution in [0.4, 0.5) is 8.78 Å². The van der Waals surface area contributed by atoms with Gasteiger partial charge in [0.15, 0.2) is 0 Å². The van der Waals surface area contributed by atoms with Crippen LogP contribution >= 0.6 is 0 Å². The van der Waals surface area contributed by atoms with Crippen molar-refractivity contribution in [1.82, 2.24) is 4.90 Å². The van der Waals surface area contributed by atoms with Crippen LogP contribution in [0.15, 0.2) is 0 Å². The summed E-state index contributed by atoms with van der Waals surface area (Å²) < 4.78 is 29.6. The second-order valence-corrected chi connectivity index (χ2v) is 4.36. The van der Waals surface area contributed by atoms with Gasteiger partial charge in [0.05, 0.1) is 6.61 Å². The molecule has 4 heteroatoms. The minimum Gasteiger partial charge on any atom is -0.370 e. The van der Waals surface area contributed by atoms with E-state index in [-0.39, 0.29) is 5.54 Å². The average molecular weight is 193 g/mol. The zero-order valence-electron chi connectivity index (χ0n) is 8.39. The van der Waals surface area contributed by atoms with Crippen molar-refractivity contribution in [3.63, 3.8) is 0 Å². The molecule has 0 amide bonds. The van der Waals surface area contributed by atoms with E-state index < -0.39 is 12.5 Å². The molecule has 1 aliphatic heterocycles. The number of nitrogens with zero attached hydrogens (tertiary/aromatic N) is 1. The van der Waals surface area contributed by atoms with Crippen molar-refractivity contribution >= 4 is 0 Å². The first-order valence-corrected chi connectivity index (χ1v) is 4.56. The van der Waals surface area contributed by atoms with Gasteiger partial charge in [0.1, 0.15) is 6.10 Å². The summed E-state index contributed by atoms with van der Waals surface area (Å²) in [5.74, 6) is 0. The van der Waals surface area contributed by atoms with Crippen molar-refractivity contribution in [2.75, 3.05) is 19.7 Å². The van der Waals surface area contributed by atoms with E-state index in [9.17, 15) is 8.78 Å². The maximum atomic E-state index is 12.3. The van der Waals surface area contributed by atoms with Gasteiger partial charge < -0.3 is 4.74 Å². The average Bonchev–Trinajstić information content (AvgIpc) is 2.03. The Balaban J connectivity index is 2.52. The summed E-state index contributed by atoms with van der Waals surface area (Å²) in [5, 5.41) is 0. The van der Waals surface area contributed by atoms with Crippen molar-refractivity contribution in [3.8, 4) is 0 Å². The second-order valence-electron chi connectivity index (χ2n) is 4.36. The summed E-state index contributed by atoms with van der Waals surface area (Å²) >= 11 is 0. The number of morpholine rings is 1. The van der Waals surface area contributed by atoms with E-state index in [1.54, 1.807) is 0 Å². The molecule has 0 aromatic carbocycles. The van der Waals surface area contributed by atoms with Crippen LogP contribution in [0.2, 0.25) is 0 Å². The van der Waals surface area contributed by atoms with Gasteiger partial charge in [-0.3, -0.25) is 4.90 Å². The van der Waals surface area contributed by atoms with Crippen molar-refractivity contribution in [2.24, 2.45) is 0 Å². The first kappa shape index (κ1) is 10.9. The van der Waals surface area contributed by atoms with Crippen molar-refractivity contribution in [1.29, 1.82) is 0 Å². The van der Waals surface area contributed by atoms with E-state index in [0.717, 1.165) is 6.54 Å². The van der Waals surface area contributed by atoms with Gasteiger partial charge in [-0.2, -0.15) is 0 Å². The molecule has 0 radical (unpaired) electrons. The molecule has 1 rings (SSSR count). The Hall–Kier alpha value is -0.220. The maximum absolute atomic E-state index is 12.3. The van der Waals surface area contributed by atoms with E-state index in [0.29, 0.717) is 13.2 Å². The van der Waals surface area contributed by atoms with Gasteiger partial charge in [0.25, 0.3) is 6.43 Å². The van der Waals surface area contributed by atoms with E-state index in [1.807, 2.05) is 25.7 Å². The lowest BCUT2D eigenvalue weighted by Crippen LogP contribution is -2.53. The third kappa shape index (κ3) is 2.88. The molecule has 1 fully saturated rings. The number of halogens is 2. The van der Waals surface area contributed by atoms with E-state index in [1.165, 1.54) is 0 Å². The van der Waals surface area contributed by atoms with Crippen LogP contribution in [0.1, 0.15) is 20.8 Å². The molecule has 0 saturated carbocycles. The normalized spacial score (nSPS) is 26.8. The molecule has 1 atom stereocenters. The van der Waals surface area contributed by atoms with E-state index in [4.69, 9.17) is 4.74 Å². The third-order valence-corrected chi connectivity index (χ3v) is 2.32. The molecular weight excluding hydrogens is 176 g/mol. The third-order valence-electron chi connectivity index (χ3n) is 2.32. The summed E-state index contributed by atoms with van der Waals surface area (Å²) in [6, 6.07) is 0. The highest BCUT2D eigenvalue weighted by Gasteiger charge is 2.32.